The Morgan fingerprint density at radius 2 is 2.00 bits per heavy atom. The molecule has 130 valence electrons. The fraction of sp³-hybridized carbons (Fsp3) is 0.214. The lowest BCUT2D eigenvalue weighted by Crippen LogP contribution is -2.29. The molecule has 1 amide bonds. The molecule has 2 heterocycles. The van der Waals surface area contributed by atoms with E-state index < -0.39 is 30.6 Å². The fourth-order valence-corrected chi connectivity index (χ4v) is 2.87. The Kier molecular flexibility index (Phi) is 4.49. The highest BCUT2D eigenvalue weighted by Crippen LogP contribution is 2.25. The number of nitrogens with zero attached hydrogens (tertiary/aromatic N) is 4. The van der Waals surface area contributed by atoms with Crippen molar-refractivity contribution in [3.8, 4) is 0 Å². The van der Waals surface area contributed by atoms with Crippen molar-refractivity contribution in [3.63, 3.8) is 0 Å². The molecule has 0 aliphatic carbocycles. The van der Waals surface area contributed by atoms with Gasteiger partial charge in [-0.15, -0.1) is 10.2 Å². The summed E-state index contributed by atoms with van der Waals surface area (Å²) < 4.78 is 37.8. The van der Waals surface area contributed by atoms with E-state index in [1.54, 1.807) is 24.3 Å². The van der Waals surface area contributed by atoms with Gasteiger partial charge < -0.3 is 0 Å². The lowest BCUT2D eigenvalue weighted by molar-refractivity contribution is -0.127. The normalized spacial score (nSPS) is 11.6. The third-order valence-corrected chi connectivity index (χ3v) is 3.96. The third-order valence-electron chi connectivity index (χ3n) is 3.12. The lowest BCUT2D eigenvalue weighted by atomic mass is 10.2. The van der Waals surface area contributed by atoms with Crippen LogP contribution in [-0.4, -0.2) is 32.1 Å². The SMILES string of the molecule is O=C(Cn1ncc2ccccc2c1=O)Nc1nnc(CC(F)(F)F)s1. The van der Waals surface area contributed by atoms with Crippen molar-refractivity contribution in [1.82, 2.24) is 20.0 Å². The molecule has 25 heavy (non-hydrogen) atoms. The number of carbonyl (C=O) groups excluding carboxylic acids is 1. The van der Waals surface area contributed by atoms with Crippen LogP contribution in [0.1, 0.15) is 5.01 Å². The molecule has 3 aromatic rings. The molecular formula is C14H10F3N5O2S. The van der Waals surface area contributed by atoms with Gasteiger partial charge in [-0.25, -0.2) is 4.68 Å². The molecule has 3 rings (SSSR count). The summed E-state index contributed by atoms with van der Waals surface area (Å²) >= 11 is 0.623. The van der Waals surface area contributed by atoms with Crippen LogP contribution in [0, 0.1) is 0 Å². The van der Waals surface area contributed by atoms with Crippen molar-refractivity contribution in [2.24, 2.45) is 0 Å². The highest BCUT2D eigenvalue weighted by molar-refractivity contribution is 7.15. The van der Waals surface area contributed by atoms with Crippen LogP contribution in [0.4, 0.5) is 18.3 Å². The van der Waals surface area contributed by atoms with Gasteiger partial charge in [0.1, 0.15) is 11.6 Å². The molecule has 0 aliphatic rings. The van der Waals surface area contributed by atoms with E-state index in [1.807, 2.05) is 0 Å². The first-order valence-electron chi connectivity index (χ1n) is 6.96. The molecule has 1 N–H and O–H groups in total. The third kappa shape index (κ3) is 4.18. The summed E-state index contributed by atoms with van der Waals surface area (Å²) in [6.07, 6.45) is -4.16. The van der Waals surface area contributed by atoms with Crippen LogP contribution >= 0.6 is 11.3 Å². The first-order valence-corrected chi connectivity index (χ1v) is 7.77. The summed E-state index contributed by atoms with van der Waals surface area (Å²) in [5.41, 5.74) is -0.441. The van der Waals surface area contributed by atoms with Crippen molar-refractivity contribution in [2.75, 3.05) is 5.32 Å². The summed E-state index contributed by atoms with van der Waals surface area (Å²) in [5.74, 6) is -0.639. The number of carbonyl (C=O) groups is 1. The van der Waals surface area contributed by atoms with E-state index in [0.717, 1.165) is 4.68 Å². The van der Waals surface area contributed by atoms with Crippen LogP contribution in [0.25, 0.3) is 10.8 Å². The zero-order valence-electron chi connectivity index (χ0n) is 12.4. The van der Waals surface area contributed by atoms with E-state index >= 15 is 0 Å². The Balaban J connectivity index is 1.71. The second kappa shape index (κ2) is 6.59. The smallest absolute Gasteiger partial charge is 0.299 e. The molecule has 1 aromatic carbocycles. The minimum atomic E-state index is -4.40. The Morgan fingerprint density at radius 1 is 1.24 bits per heavy atom. The molecule has 0 radical (unpaired) electrons. The number of anilines is 1. The average Bonchev–Trinajstić information content (AvgIpc) is 2.95. The van der Waals surface area contributed by atoms with Crippen LogP contribution in [0.3, 0.4) is 0 Å². The van der Waals surface area contributed by atoms with Crippen LogP contribution in [-0.2, 0) is 17.8 Å². The van der Waals surface area contributed by atoms with Gasteiger partial charge in [0.2, 0.25) is 11.0 Å². The van der Waals surface area contributed by atoms with E-state index in [0.29, 0.717) is 22.1 Å². The molecule has 0 fully saturated rings. The van der Waals surface area contributed by atoms with E-state index in [2.05, 4.69) is 20.6 Å². The van der Waals surface area contributed by atoms with Crippen molar-refractivity contribution in [2.45, 2.75) is 19.1 Å². The highest BCUT2D eigenvalue weighted by atomic mass is 32.1. The molecule has 0 saturated carbocycles. The quantitative estimate of drug-likeness (QED) is 0.760. The first-order chi connectivity index (χ1) is 11.8. The second-order valence-corrected chi connectivity index (χ2v) is 6.10. The minimum absolute atomic E-state index is 0.0712. The Hall–Kier alpha value is -2.82. The summed E-state index contributed by atoms with van der Waals surface area (Å²) in [6, 6.07) is 6.78. The van der Waals surface area contributed by atoms with Gasteiger partial charge in [0.15, 0.2) is 0 Å². The molecule has 0 saturated heterocycles. The number of aromatic nitrogens is 4. The largest absolute Gasteiger partial charge is 0.395 e. The van der Waals surface area contributed by atoms with Crippen LogP contribution in [0.15, 0.2) is 35.3 Å². The van der Waals surface area contributed by atoms with E-state index in [9.17, 15) is 22.8 Å². The van der Waals surface area contributed by atoms with Gasteiger partial charge >= 0.3 is 6.18 Å². The summed E-state index contributed by atoms with van der Waals surface area (Å²) in [6.45, 7) is -0.391. The maximum atomic E-state index is 12.3. The zero-order chi connectivity index (χ0) is 18.0. The molecule has 0 bridgehead atoms. The first kappa shape index (κ1) is 17.0. The number of amides is 1. The van der Waals surface area contributed by atoms with Crippen LogP contribution in [0.2, 0.25) is 0 Å². The monoisotopic (exact) mass is 369 g/mol. The van der Waals surface area contributed by atoms with Gasteiger partial charge in [-0.05, 0) is 6.07 Å². The van der Waals surface area contributed by atoms with Crippen LogP contribution in [0.5, 0.6) is 0 Å². The van der Waals surface area contributed by atoms with Gasteiger partial charge in [0, 0.05) is 5.39 Å². The van der Waals surface area contributed by atoms with E-state index in [4.69, 9.17) is 0 Å². The molecule has 0 aliphatic heterocycles. The number of benzene rings is 1. The van der Waals surface area contributed by atoms with E-state index in [1.165, 1.54) is 6.20 Å². The lowest BCUT2D eigenvalue weighted by Gasteiger charge is -2.05. The Bertz CT molecular complexity index is 982. The second-order valence-electron chi connectivity index (χ2n) is 5.04. The topological polar surface area (TPSA) is 89.8 Å². The maximum Gasteiger partial charge on any atom is 0.395 e. The van der Waals surface area contributed by atoms with Gasteiger partial charge in [-0.1, -0.05) is 29.5 Å². The summed E-state index contributed by atoms with van der Waals surface area (Å²) in [7, 11) is 0. The Morgan fingerprint density at radius 3 is 2.76 bits per heavy atom. The predicted molar refractivity (Wildman–Crippen MR) is 84.3 cm³/mol. The number of fused-ring (bicyclic) bond motifs is 1. The number of hydrogen-bond donors (Lipinski definition) is 1. The standard InChI is InChI=1S/C14H10F3N5O2S/c15-14(16,17)5-11-20-21-13(25-11)19-10(23)7-22-12(24)9-4-2-1-3-8(9)6-18-22/h1-4,6H,5,7H2,(H,19,21,23). The van der Waals surface area contributed by atoms with Gasteiger partial charge in [0.05, 0.1) is 18.0 Å². The maximum absolute atomic E-state index is 12.3. The summed E-state index contributed by atoms with van der Waals surface area (Å²) in [4.78, 5) is 24.2. The highest BCUT2D eigenvalue weighted by Gasteiger charge is 2.30. The predicted octanol–water partition coefficient (Wildman–Crippen LogP) is 1.99. The van der Waals surface area contributed by atoms with E-state index in [-0.39, 0.29) is 10.1 Å². The van der Waals surface area contributed by atoms with Gasteiger partial charge in [0.25, 0.3) is 5.56 Å². The number of hydrogen-bond acceptors (Lipinski definition) is 6. The van der Waals surface area contributed by atoms with Crippen molar-refractivity contribution < 1.29 is 18.0 Å². The molecule has 7 nitrogen and oxygen atoms in total. The average molecular weight is 369 g/mol. The van der Waals surface area contributed by atoms with Crippen LogP contribution < -0.4 is 10.9 Å². The zero-order valence-corrected chi connectivity index (χ0v) is 13.3. The Labute approximate surface area is 142 Å². The number of rotatable bonds is 4. The van der Waals surface area contributed by atoms with Gasteiger partial charge in [-0.3, -0.25) is 14.9 Å². The molecule has 0 unspecified atom stereocenters. The van der Waals surface area contributed by atoms with Gasteiger partial charge in [-0.2, -0.15) is 18.3 Å². The molecule has 0 atom stereocenters. The number of alkyl halides is 3. The van der Waals surface area contributed by atoms with Crippen molar-refractivity contribution in [1.29, 1.82) is 0 Å². The molecule has 11 heteroatoms. The summed E-state index contributed by atoms with van der Waals surface area (Å²) in [5, 5.41) is 13.8. The number of halogens is 3. The fourth-order valence-electron chi connectivity index (χ4n) is 2.08. The molecule has 0 spiro atoms. The van der Waals surface area contributed by atoms with Crippen molar-refractivity contribution in [3.05, 3.63) is 45.8 Å². The van der Waals surface area contributed by atoms with Crippen molar-refractivity contribution >= 4 is 33.1 Å². The number of nitrogens with one attached hydrogen (secondary N) is 1. The molecule has 2 aromatic heterocycles. The minimum Gasteiger partial charge on any atom is -0.299 e. The molecular weight excluding hydrogens is 359 g/mol.